The molecule has 1 atom stereocenters. The highest BCUT2D eigenvalue weighted by Gasteiger charge is 2.34. The van der Waals surface area contributed by atoms with Crippen LogP contribution in [-0.2, 0) is 30.3 Å². The Morgan fingerprint density at radius 2 is 1.80 bits per heavy atom. The molecule has 46 heavy (non-hydrogen) atoms. The third-order valence-electron chi connectivity index (χ3n) is 7.68. The summed E-state index contributed by atoms with van der Waals surface area (Å²) < 4.78 is 84.2. The molecule has 1 amide bonds. The Morgan fingerprint density at radius 3 is 2.39 bits per heavy atom. The Morgan fingerprint density at radius 1 is 1.13 bits per heavy atom. The van der Waals surface area contributed by atoms with Gasteiger partial charge in [0.15, 0.2) is 11.5 Å². The number of anilines is 2. The van der Waals surface area contributed by atoms with Crippen molar-refractivity contribution in [1.29, 1.82) is 0 Å². The van der Waals surface area contributed by atoms with Gasteiger partial charge in [-0.15, -0.1) is 0 Å². The number of pyridine rings is 1. The number of hydrogen-bond acceptors (Lipinski definition) is 9. The molecule has 2 N–H and O–H groups in total. The van der Waals surface area contributed by atoms with Crippen LogP contribution in [0.2, 0.25) is 5.15 Å². The first-order valence-corrected chi connectivity index (χ1v) is 16.2. The van der Waals surface area contributed by atoms with Crippen molar-refractivity contribution < 1.29 is 30.8 Å². The lowest BCUT2D eigenvalue weighted by atomic mass is 9.93. The summed E-state index contributed by atoms with van der Waals surface area (Å²) in [4.78, 5) is 36.7. The van der Waals surface area contributed by atoms with Crippen molar-refractivity contribution in [3.8, 4) is 0 Å². The van der Waals surface area contributed by atoms with Crippen LogP contribution in [0, 0.1) is 5.82 Å². The number of sulfonamides is 1. The molecule has 246 valence electrons. The number of alkyl halides is 3. The summed E-state index contributed by atoms with van der Waals surface area (Å²) in [6.45, 7) is 2.25. The lowest BCUT2D eigenvalue weighted by Gasteiger charge is -2.33. The van der Waals surface area contributed by atoms with Gasteiger partial charge in [-0.2, -0.15) is 18.3 Å². The minimum atomic E-state index is -4.81. The number of carbonyl (C=O) groups is 1. The molecule has 5 rings (SSSR count). The van der Waals surface area contributed by atoms with Crippen LogP contribution in [0.15, 0.2) is 35.3 Å². The highest BCUT2D eigenvalue weighted by molar-refractivity contribution is 7.89. The molecular weight excluding hydrogens is 656 g/mol. The Balaban J connectivity index is 1.56. The average Bonchev–Trinajstić information content (AvgIpc) is 3.31. The minimum absolute atomic E-state index is 0.00643. The molecule has 18 heteroatoms. The highest BCUT2D eigenvalue weighted by Crippen LogP contribution is 2.36. The molecule has 0 saturated carbocycles. The number of amides is 1. The zero-order valence-electron chi connectivity index (χ0n) is 25.0. The van der Waals surface area contributed by atoms with Crippen molar-refractivity contribution in [1.82, 2.24) is 29.0 Å². The molecule has 4 heterocycles. The number of rotatable bonds is 7. The SMILES string of the molecule is C[C@@H](Nc1ccc(Cl)nc1C(=O)NS(C)(=O)=O)c1cc(C(F)(F)F)cc2c(=O)n(C)c(N3CCC(c4nn(C)cc4F)CC3)nc12. The fourth-order valence-corrected chi connectivity index (χ4v) is 6.11. The Bertz CT molecular complexity index is 2010. The molecule has 3 aromatic heterocycles. The van der Waals surface area contributed by atoms with Gasteiger partial charge in [-0.05, 0) is 44.0 Å². The normalized spacial score (nSPS) is 15.3. The van der Waals surface area contributed by atoms with E-state index in [0.29, 0.717) is 31.6 Å². The summed E-state index contributed by atoms with van der Waals surface area (Å²) in [6, 6.07) is 3.24. The molecule has 12 nitrogen and oxygen atoms in total. The van der Waals surface area contributed by atoms with Crippen LogP contribution >= 0.6 is 11.6 Å². The van der Waals surface area contributed by atoms with Crippen molar-refractivity contribution in [3.63, 3.8) is 0 Å². The molecule has 1 aliphatic heterocycles. The van der Waals surface area contributed by atoms with Gasteiger partial charge in [0.1, 0.15) is 10.8 Å². The predicted octanol–water partition coefficient (Wildman–Crippen LogP) is 4.12. The topological polar surface area (TPSA) is 144 Å². The van der Waals surface area contributed by atoms with Crippen molar-refractivity contribution >= 4 is 50.1 Å². The van der Waals surface area contributed by atoms with Crippen LogP contribution in [0.5, 0.6) is 0 Å². The molecule has 0 unspecified atom stereocenters. The maximum atomic E-state index is 14.4. The number of hydrogen-bond donors (Lipinski definition) is 2. The Labute approximate surface area is 265 Å². The third-order valence-corrected chi connectivity index (χ3v) is 8.45. The Hall–Kier alpha value is -4.25. The predicted molar refractivity (Wildman–Crippen MR) is 163 cm³/mol. The van der Waals surface area contributed by atoms with E-state index in [2.05, 4.69) is 20.4 Å². The molecule has 1 aliphatic rings. The second-order valence-electron chi connectivity index (χ2n) is 11.1. The standard InChI is InChI=1S/C28H29ClF4N8O4S/c1-14(34-20-5-6-21(29)35-24(20)25(42)38-46(4,44)45)17-11-16(28(31,32)33)12-18-23(17)36-27(40(3)26(18)43)41-9-7-15(8-10-41)22-19(30)13-39(2)37-22/h5-6,11-15,34H,7-10H2,1-4H3,(H,38,42)/t14-/m1/s1. The lowest BCUT2D eigenvalue weighted by molar-refractivity contribution is -0.137. The molecular formula is C28H29ClF4N8O4S. The van der Waals surface area contributed by atoms with Gasteiger partial charge in [0.25, 0.3) is 11.5 Å². The van der Waals surface area contributed by atoms with E-state index in [1.54, 1.807) is 11.8 Å². The second-order valence-corrected chi connectivity index (χ2v) is 13.3. The number of fused-ring (bicyclic) bond motifs is 1. The summed E-state index contributed by atoms with van der Waals surface area (Å²) in [5, 5.41) is 6.72. The van der Waals surface area contributed by atoms with Crippen molar-refractivity contribution in [2.45, 2.75) is 37.9 Å². The average molecular weight is 685 g/mol. The number of nitrogens with one attached hydrogen (secondary N) is 2. The van der Waals surface area contributed by atoms with Crippen molar-refractivity contribution in [2.24, 2.45) is 14.1 Å². The summed E-state index contributed by atoms with van der Waals surface area (Å²) in [5.74, 6) is -1.47. The molecule has 1 aromatic carbocycles. The van der Waals surface area contributed by atoms with E-state index in [1.807, 2.05) is 4.90 Å². The summed E-state index contributed by atoms with van der Waals surface area (Å²) in [7, 11) is -0.941. The van der Waals surface area contributed by atoms with Gasteiger partial charge < -0.3 is 10.2 Å². The third kappa shape index (κ3) is 6.79. The lowest BCUT2D eigenvalue weighted by Crippen LogP contribution is -2.38. The molecule has 0 radical (unpaired) electrons. The number of halogens is 5. The number of piperidine rings is 1. The quantitative estimate of drug-likeness (QED) is 0.217. The van der Waals surface area contributed by atoms with Gasteiger partial charge in [0.05, 0.1) is 40.6 Å². The van der Waals surface area contributed by atoms with Crippen LogP contribution in [0.1, 0.15) is 59.0 Å². The molecule has 1 saturated heterocycles. The van der Waals surface area contributed by atoms with Crippen molar-refractivity contribution in [2.75, 3.05) is 29.6 Å². The summed E-state index contributed by atoms with van der Waals surface area (Å²) >= 11 is 5.94. The first kappa shape index (κ1) is 33.1. The maximum Gasteiger partial charge on any atom is 0.416 e. The number of nitrogens with zero attached hydrogens (tertiary/aromatic N) is 6. The largest absolute Gasteiger partial charge is 0.416 e. The van der Waals surface area contributed by atoms with Crippen LogP contribution in [0.3, 0.4) is 0 Å². The molecule has 4 aromatic rings. The van der Waals surface area contributed by atoms with Gasteiger partial charge in [-0.25, -0.2) is 27.5 Å². The number of carbonyl (C=O) groups excluding carboxylic acids is 1. The molecule has 0 spiro atoms. The fraction of sp³-hybridized carbons (Fsp3) is 0.393. The van der Waals surface area contributed by atoms with E-state index in [1.165, 1.54) is 41.5 Å². The van der Waals surface area contributed by atoms with Gasteiger partial charge in [0, 0.05) is 38.7 Å². The smallest absolute Gasteiger partial charge is 0.377 e. The van der Waals surface area contributed by atoms with E-state index < -0.39 is 50.8 Å². The molecule has 0 bridgehead atoms. The second kappa shape index (κ2) is 12.2. The van der Waals surface area contributed by atoms with Gasteiger partial charge >= 0.3 is 6.18 Å². The van der Waals surface area contributed by atoms with Gasteiger partial charge in [-0.1, -0.05) is 11.6 Å². The number of benzene rings is 1. The van der Waals surface area contributed by atoms with Gasteiger partial charge in [-0.3, -0.25) is 18.8 Å². The number of aromatic nitrogens is 5. The highest BCUT2D eigenvalue weighted by atomic mass is 35.5. The van der Waals surface area contributed by atoms with Crippen LogP contribution in [0.25, 0.3) is 10.9 Å². The fourth-order valence-electron chi connectivity index (χ4n) is 5.53. The zero-order chi connectivity index (χ0) is 33.7. The van der Waals surface area contributed by atoms with E-state index >= 15 is 0 Å². The monoisotopic (exact) mass is 684 g/mol. The minimum Gasteiger partial charge on any atom is -0.377 e. The van der Waals surface area contributed by atoms with Crippen molar-refractivity contribution in [3.05, 3.63) is 74.3 Å². The van der Waals surface area contributed by atoms with Crippen LogP contribution < -0.4 is 20.5 Å². The van der Waals surface area contributed by atoms with E-state index in [9.17, 15) is 35.6 Å². The zero-order valence-corrected chi connectivity index (χ0v) is 26.6. The first-order valence-electron chi connectivity index (χ1n) is 13.9. The summed E-state index contributed by atoms with van der Waals surface area (Å²) in [5.41, 5.74) is -1.91. The van der Waals surface area contributed by atoms with E-state index in [0.717, 1.165) is 18.4 Å². The number of aryl methyl sites for hydroxylation is 1. The maximum absolute atomic E-state index is 14.4. The molecule has 1 fully saturated rings. The summed E-state index contributed by atoms with van der Waals surface area (Å²) in [6.07, 6.45) is -1.74. The molecule has 0 aliphatic carbocycles. The van der Waals surface area contributed by atoms with E-state index in [4.69, 9.17) is 11.6 Å². The van der Waals surface area contributed by atoms with Gasteiger partial charge in [0.2, 0.25) is 16.0 Å². The van der Waals surface area contributed by atoms with E-state index in [-0.39, 0.29) is 39.2 Å². The van der Waals surface area contributed by atoms with Crippen LogP contribution in [0.4, 0.5) is 29.2 Å². The Kier molecular flexibility index (Phi) is 8.76. The van der Waals surface area contributed by atoms with Crippen LogP contribution in [-0.4, -0.2) is 58.0 Å². The first-order chi connectivity index (χ1) is 21.4.